The molecule has 1 aliphatic rings. The van der Waals surface area contributed by atoms with Crippen LogP contribution in [0, 0.1) is 0 Å². The summed E-state index contributed by atoms with van der Waals surface area (Å²) in [4.78, 5) is 23.0. The molecule has 1 atom stereocenters. The van der Waals surface area contributed by atoms with E-state index < -0.39 is 0 Å². The molecule has 5 heteroatoms. The molecule has 5 nitrogen and oxygen atoms in total. The fourth-order valence-electron chi connectivity index (χ4n) is 3.30. The standard InChI is InChI=1S/C19H18N4O/c24-19(16-3-5-17(6-4-16)22-13-11-21-14-22)23-12-1-2-18(23)15-7-9-20-10-8-15/h3-11,13-14,18H,1-2,12H2. The van der Waals surface area contributed by atoms with Crippen LogP contribution in [0.2, 0.25) is 0 Å². The second-order valence-corrected chi connectivity index (χ2v) is 5.95. The second kappa shape index (κ2) is 6.28. The monoisotopic (exact) mass is 318 g/mol. The van der Waals surface area contributed by atoms with Crippen molar-refractivity contribution in [3.63, 3.8) is 0 Å². The summed E-state index contributed by atoms with van der Waals surface area (Å²) in [5.74, 6) is 0.0893. The van der Waals surface area contributed by atoms with Crippen molar-refractivity contribution in [3.05, 3.63) is 78.6 Å². The lowest BCUT2D eigenvalue weighted by molar-refractivity contribution is 0.0735. The Morgan fingerprint density at radius 2 is 1.79 bits per heavy atom. The third-order valence-corrected chi connectivity index (χ3v) is 4.52. The minimum atomic E-state index is 0.0893. The van der Waals surface area contributed by atoms with Crippen LogP contribution in [0.5, 0.6) is 0 Å². The van der Waals surface area contributed by atoms with Gasteiger partial charge >= 0.3 is 0 Å². The van der Waals surface area contributed by atoms with Crippen LogP contribution in [0.3, 0.4) is 0 Å². The highest BCUT2D eigenvalue weighted by Crippen LogP contribution is 2.32. The van der Waals surface area contributed by atoms with Gasteiger partial charge in [0.05, 0.1) is 12.4 Å². The molecule has 120 valence electrons. The normalized spacial score (nSPS) is 17.2. The lowest BCUT2D eigenvalue weighted by Crippen LogP contribution is -2.30. The molecule has 0 aliphatic carbocycles. The first-order valence-electron chi connectivity index (χ1n) is 8.12. The van der Waals surface area contributed by atoms with Crippen LogP contribution in [0.15, 0.2) is 67.5 Å². The van der Waals surface area contributed by atoms with Gasteiger partial charge in [0.2, 0.25) is 0 Å². The first kappa shape index (κ1) is 14.6. The van der Waals surface area contributed by atoms with Gasteiger partial charge in [0.25, 0.3) is 5.91 Å². The predicted molar refractivity (Wildman–Crippen MR) is 90.8 cm³/mol. The van der Waals surface area contributed by atoms with Crippen molar-refractivity contribution in [2.45, 2.75) is 18.9 Å². The minimum Gasteiger partial charge on any atom is -0.332 e. The smallest absolute Gasteiger partial charge is 0.254 e. The number of hydrogen-bond acceptors (Lipinski definition) is 3. The highest BCUT2D eigenvalue weighted by atomic mass is 16.2. The van der Waals surface area contributed by atoms with Gasteiger partial charge in [-0.2, -0.15) is 0 Å². The maximum atomic E-state index is 12.9. The van der Waals surface area contributed by atoms with E-state index in [0.29, 0.717) is 0 Å². The Bertz CT molecular complexity index is 812. The van der Waals surface area contributed by atoms with Crippen LogP contribution >= 0.6 is 0 Å². The Balaban J connectivity index is 1.56. The quantitative estimate of drug-likeness (QED) is 0.745. The molecule has 3 aromatic rings. The van der Waals surface area contributed by atoms with E-state index in [1.165, 1.54) is 0 Å². The molecule has 1 saturated heterocycles. The number of likely N-dealkylation sites (tertiary alicyclic amines) is 1. The fraction of sp³-hybridized carbons (Fsp3) is 0.211. The number of amides is 1. The molecule has 24 heavy (non-hydrogen) atoms. The van der Waals surface area contributed by atoms with Gasteiger partial charge in [0, 0.05) is 42.6 Å². The number of benzene rings is 1. The largest absolute Gasteiger partial charge is 0.332 e. The van der Waals surface area contributed by atoms with Gasteiger partial charge in [-0.25, -0.2) is 4.98 Å². The van der Waals surface area contributed by atoms with E-state index in [4.69, 9.17) is 0 Å². The van der Waals surface area contributed by atoms with Gasteiger partial charge in [0.15, 0.2) is 0 Å². The molecule has 1 aliphatic heterocycles. The lowest BCUT2D eigenvalue weighted by atomic mass is 10.1. The number of imidazole rings is 1. The summed E-state index contributed by atoms with van der Waals surface area (Å²) in [6, 6.07) is 11.8. The van der Waals surface area contributed by atoms with E-state index in [0.717, 1.165) is 36.2 Å². The Morgan fingerprint density at radius 3 is 2.50 bits per heavy atom. The van der Waals surface area contributed by atoms with Gasteiger partial charge in [0.1, 0.15) is 0 Å². The number of rotatable bonds is 3. The summed E-state index contributed by atoms with van der Waals surface area (Å²) >= 11 is 0. The molecule has 0 N–H and O–H groups in total. The van der Waals surface area contributed by atoms with E-state index in [9.17, 15) is 4.79 Å². The maximum Gasteiger partial charge on any atom is 0.254 e. The zero-order chi connectivity index (χ0) is 16.4. The molecular weight excluding hydrogens is 300 g/mol. The van der Waals surface area contributed by atoms with Crippen LogP contribution in [0.25, 0.3) is 5.69 Å². The van der Waals surface area contributed by atoms with Crippen molar-refractivity contribution in [2.24, 2.45) is 0 Å². The average Bonchev–Trinajstić information content (AvgIpc) is 3.34. The SMILES string of the molecule is O=C(c1ccc(-n2ccnc2)cc1)N1CCCC1c1ccncc1. The van der Waals surface area contributed by atoms with E-state index in [-0.39, 0.29) is 11.9 Å². The van der Waals surface area contributed by atoms with Gasteiger partial charge < -0.3 is 9.47 Å². The van der Waals surface area contributed by atoms with Gasteiger partial charge in [-0.15, -0.1) is 0 Å². The zero-order valence-electron chi connectivity index (χ0n) is 13.2. The van der Waals surface area contributed by atoms with Crippen molar-refractivity contribution < 1.29 is 4.79 Å². The van der Waals surface area contributed by atoms with E-state index >= 15 is 0 Å². The molecule has 3 heterocycles. The summed E-state index contributed by atoms with van der Waals surface area (Å²) in [5.41, 5.74) is 2.88. The average molecular weight is 318 g/mol. The topological polar surface area (TPSA) is 51.0 Å². The number of carbonyl (C=O) groups is 1. The molecule has 1 unspecified atom stereocenters. The van der Waals surface area contributed by atoms with Gasteiger partial charge in [-0.1, -0.05) is 0 Å². The van der Waals surface area contributed by atoms with Crippen molar-refractivity contribution >= 4 is 5.91 Å². The highest BCUT2D eigenvalue weighted by molar-refractivity contribution is 5.94. The van der Waals surface area contributed by atoms with Gasteiger partial charge in [-0.3, -0.25) is 9.78 Å². The first-order valence-corrected chi connectivity index (χ1v) is 8.12. The summed E-state index contributed by atoms with van der Waals surface area (Å²) in [6.45, 7) is 0.801. The number of carbonyl (C=O) groups excluding carboxylic acids is 1. The van der Waals surface area contributed by atoms with E-state index in [1.807, 2.05) is 52.1 Å². The molecular formula is C19H18N4O. The molecule has 0 saturated carbocycles. The summed E-state index contributed by atoms with van der Waals surface area (Å²) in [6.07, 6.45) is 11.0. The van der Waals surface area contributed by atoms with Crippen LogP contribution in [-0.4, -0.2) is 31.9 Å². The molecule has 1 fully saturated rings. The van der Waals surface area contributed by atoms with E-state index in [1.54, 1.807) is 24.9 Å². The summed E-state index contributed by atoms with van der Waals surface area (Å²) in [5, 5.41) is 0. The van der Waals surface area contributed by atoms with E-state index in [2.05, 4.69) is 9.97 Å². The van der Waals surface area contributed by atoms with Crippen molar-refractivity contribution in [2.75, 3.05) is 6.54 Å². The van der Waals surface area contributed by atoms with Crippen LogP contribution in [0.1, 0.15) is 34.8 Å². The zero-order valence-corrected chi connectivity index (χ0v) is 13.2. The van der Waals surface area contributed by atoms with Crippen molar-refractivity contribution in [1.29, 1.82) is 0 Å². The summed E-state index contributed by atoms with van der Waals surface area (Å²) < 4.78 is 1.92. The molecule has 0 bridgehead atoms. The first-order chi connectivity index (χ1) is 11.8. The number of hydrogen-bond donors (Lipinski definition) is 0. The van der Waals surface area contributed by atoms with Crippen molar-refractivity contribution in [1.82, 2.24) is 19.4 Å². The molecule has 0 spiro atoms. The lowest BCUT2D eigenvalue weighted by Gasteiger charge is -2.25. The summed E-state index contributed by atoms with van der Waals surface area (Å²) in [7, 11) is 0. The maximum absolute atomic E-state index is 12.9. The third-order valence-electron chi connectivity index (χ3n) is 4.52. The van der Waals surface area contributed by atoms with Crippen LogP contribution < -0.4 is 0 Å². The molecule has 2 aromatic heterocycles. The number of nitrogens with zero attached hydrogens (tertiary/aromatic N) is 4. The van der Waals surface area contributed by atoms with Crippen LogP contribution in [0.4, 0.5) is 0 Å². The van der Waals surface area contributed by atoms with Crippen molar-refractivity contribution in [3.8, 4) is 5.69 Å². The Morgan fingerprint density at radius 1 is 1.00 bits per heavy atom. The molecule has 0 radical (unpaired) electrons. The number of pyridine rings is 1. The Kier molecular flexibility index (Phi) is 3.83. The predicted octanol–water partition coefficient (Wildman–Crippen LogP) is 3.24. The second-order valence-electron chi connectivity index (χ2n) is 5.95. The fourth-order valence-corrected chi connectivity index (χ4v) is 3.30. The third kappa shape index (κ3) is 2.69. The van der Waals surface area contributed by atoms with Gasteiger partial charge in [-0.05, 0) is 54.8 Å². The Hall–Kier alpha value is -2.95. The number of aromatic nitrogens is 3. The molecule has 4 rings (SSSR count). The molecule has 1 aromatic carbocycles. The highest BCUT2D eigenvalue weighted by Gasteiger charge is 2.30. The molecule has 1 amide bonds. The minimum absolute atomic E-state index is 0.0893. The van der Waals surface area contributed by atoms with Crippen LogP contribution in [-0.2, 0) is 0 Å². The Labute approximate surface area is 140 Å².